The van der Waals surface area contributed by atoms with Gasteiger partial charge >= 0.3 is 0 Å². The molecule has 3 rings (SSSR count). The fraction of sp³-hybridized carbons (Fsp3) is 0.667. The van der Waals surface area contributed by atoms with Crippen LogP contribution in [0.1, 0.15) is 31.2 Å². The van der Waals surface area contributed by atoms with Crippen LogP contribution >= 0.6 is 0 Å². The van der Waals surface area contributed by atoms with E-state index < -0.39 is 0 Å². The van der Waals surface area contributed by atoms with Crippen molar-refractivity contribution in [3.8, 4) is 11.9 Å². The summed E-state index contributed by atoms with van der Waals surface area (Å²) in [5.41, 5.74) is 0.516. The van der Waals surface area contributed by atoms with Crippen molar-refractivity contribution >= 4 is 0 Å². The van der Waals surface area contributed by atoms with E-state index in [4.69, 9.17) is 14.7 Å². The third kappa shape index (κ3) is 4.66. The third-order valence-corrected chi connectivity index (χ3v) is 4.83. The van der Waals surface area contributed by atoms with E-state index >= 15 is 0 Å². The van der Waals surface area contributed by atoms with Gasteiger partial charge in [-0.1, -0.05) is 0 Å². The Kier molecular flexibility index (Phi) is 5.84. The summed E-state index contributed by atoms with van der Waals surface area (Å²) in [4.78, 5) is 6.72. The van der Waals surface area contributed by atoms with Gasteiger partial charge in [0.25, 0.3) is 0 Å². The Morgan fingerprint density at radius 2 is 2.17 bits per heavy atom. The van der Waals surface area contributed by atoms with Crippen LogP contribution in [-0.4, -0.2) is 49.3 Å². The number of rotatable bonds is 5. The van der Waals surface area contributed by atoms with Crippen LogP contribution in [0.2, 0.25) is 0 Å². The summed E-state index contributed by atoms with van der Waals surface area (Å²) in [5.74, 6) is 1.74. The van der Waals surface area contributed by atoms with Crippen LogP contribution in [0.25, 0.3) is 0 Å². The molecule has 0 N–H and O–H groups in total. The fourth-order valence-corrected chi connectivity index (χ4v) is 3.44. The number of ether oxygens (including phenoxy) is 2. The first-order chi connectivity index (χ1) is 11.3. The van der Waals surface area contributed by atoms with Gasteiger partial charge in [-0.05, 0) is 62.7 Å². The zero-order valence-electron chi connectivity index (χ0n) is 13.6. The van der Waals surface area contributed by atoms with Gasteiger partial charge in [0.15, 0.2) is 0 Å². The molecule has 23 heavy (non-hydrogen) atoms. The minimum atomic E-state index is 0.469. The van der Waals surface area contributed by atoms with E-state index in [2.05, 4.69) is 16.0 Å². The van der Waals surface area contributed by atoms with Gasteiger partial charge in [0, 0.05) is 19.3 Å². The number of aromatic nitrogens is 1. The molecule has 1 aromatic rings. The van der Waals surface area contributed by atoms with E-state index in [9.17, 15) is 0 Å². The molecule has 0 amide bonds. The largest absolute Gasteiger partial charge is 0.476 e. The minimum absolute atomic E-state index is 0.469. The second kappa shape index (κ2) is 8.28. The molecule has 0 aromatic carbocycles. The summed E-state index contributed by atoms with van der Waals surface area (Å²) in [6.07, 6.45) is 6.50. The van der Waals surface area contributed by atoms with Crippen molar-refractivity contribution in [2.45, 2.75) is 25.7 Å². The van der Waals surface area contributed by atoms with Crippen LogP contribution in [0.3, 0.4) is 0 Å². The smallest absolute Gasteiger partial charge is 0.231 e. The first-order valence-corrected chi connectivity index (χ1v) is 8.63. The summed E-state index contributed by atoms with van der Waals surface area (Å²) in [5, 5.41) is 9.06. The quantitative estimate of drug-likeness (QED) is 0.835. The summed E-state index contributed by atoms with van der Waals surface area (Å²) in [6.45, 7) is 5.97. The van der Waals surface area contributed by atoms with Gasteiger partial charge < -0.3 is 14.4 Å². The Hall–Kier alpha value is -1.64. The summed E-state index contributed by atoms with van der Waals surface area (Å²) < 4.78 is 11.4. The first-order valence-electron chi connectivity index (χ1n) is 8.63. The van der Waals surface area contributed by atoms with E-state index in [0.29, 0.717) is 29.9 Å². The molecule has 2 fully saturated rings. The summed E-state index contributed by atoms with van der Waals surface area (Å²) >= 11 is 0. The number of likely N-dealkylation sites (tertiary alicyclic amines) is 1. The molecule has 2 aliphatic heterocycles. The predicted octanol–water partition coefficient (Wildman–Crippen LogP) is 2.47. The van der Waals surface area contributed by atoms with Crippen LogP contribution in [0.5, 0.6) is 5.88 Å². The molecule has 0 spiro atoms. The molecule has 0 aliphatic carbocycles. The second-order valence-corrected chi connectivity index (χ2v) is 6.61. The molecule has 3 heterocycles. The molecule has 5 heteroatoms. The number of nitriles is 1. The summed E-state index contributed by atoms with van der Waals surface area (Å²) in [6, 6.07) is 5.64. The Morgan fingerprint density at radius 1 is 1.30 bits per heavy atom. The van der Waals surface area contributed by atoms with Gasteiger partial charge in [0.2, 0.25) is 5.88 Å². The maximum atomic E-state index is 9.06. The first kappa shape index (κ1) is 16.2. The second-order valence-electron chi connectivity index (χ2n) is 6.61. The van der Waals surface area contributed by atoms with Crippen molar-refractivity contribution in [3.05, 3.63) is 23.9 Å². The van der Waals surface area contributed by atoms with E-state index in [1.807, 2.05) is 0 Å². The van der Waals surface area contributed by atoms with E-state index in [1.54, 1.807) is 18.3 Å². The van der Waals surface area contributed by atoms with E-state index in [0.717, 1.165) is 39.1 Å². The van der Waals surface area contributed by atoms with Crippen molar-refractivity contribution in [1.29, 1.82) is 5.26 Å². The number of nitrogens with zero attached hydrogens (tertiary/aromatic N) is 3. The molecule has 124 valence electrons. The molecule has 0 bridgehead atoms. The Morgan fingerprint density at radius 3 is 2.91 bits per heavy atom. The molecule has 1 aromatic heterocycles. The topological polar surface area (TPSA) is 58.4 Å². The maximum Gasteiger partial charge on any atom is 0.231 e. The zero-order chi connectivity index (χ0) is 15.9. The van der Waals surface area contributed by atoms with Gasteiger partial charge in [0.1, 0.15) is 11.6 Å². The lowest BCUT2D eigenvalue weighted by molar-refractivity contribution is 0.0306. The number of hydrogen-bond donors (Lipinski definition) is 0. The highest BCUT2D eigenvalue weighted by Crippen LogP contribution is 2.22. The van der Waals surface area contributed by atoms with E-state index in [1.165, 1.54) is 19.4 Å². The molecule has 1 unspecified atom stereocenters. The van der Waals surface area contributed by atoms with Gasteiger partial charge in [-0.2, -0.15) is 5.26 Å². The molecule has 2 aliphatic rings. The molecular formula is C18H25N3O2. The SMILES string of the molecule is N#Cc1cccnc1OCC1CCN(CC2CCCOC2)CC1. The zero-order valence-corrected chi connectivity index (χ0v) is 13.6. The molecular weight excluding hydrogens is 290 g/mol. The van der Waals surface area contributed by atoms with Crippen LogP contribution < -0.4 is 4.74 Å². The highest BCUT2D eigenvalue weighted by molar-refractivity contribution is 5.36. The average Bonchev–Trinajstić information content (AvgIpc) is 2.62. The van der Waals surface area contributed by atoms with Gasteiger partial charge in [-0.3, -0.25) is 0 Å². The standard InChI is InChI=1S/C18H25N3O2/c19-11-17-4-1-7-20-18(17)23-14-15-5-8-21(9-6-15)12-16-3-2-10-22-13-16/h1,4,7,15-16H,2-3,5-6,8-10,12-14H2. The number of pyridine rings is 1. The third-order valence-electron chi connectivity index (χ3n) is 4.83. The lowest BCUT2D eigenvalue weighted by atomic mass is 9.95. The Labute approximate surface area is 138 Å². The van der Waals surface area contributed by atoms with E-state index in [-0.39, 0.29) is 0 Å². The molecule has 5 nitrogen and oxygen atoms in total. The lowest BCUT2D eigenvalue weighted by Crippen LogP contribution is -2.40. The van der Waals surface area contributed by atoms with Gasteiger partial charge in [-0.15, -0.1) is 0 Å². The van der Waals surface area contributed by atoms with Crippen molar-refractivity contribution in [2.75, 3.05) is 39.5 Å². The van der Waals surface area contributed by atoms with Crippen molar-refractivity contribution < 1.29 is 9.47 Å². The van der Waals surface area contributed by atoms with Crippen molar-refractivity contribution in [3.63, 3.8) is 0 Å². The van der Waals surface area contributed by atoms with Crippen molar-refractivity contribution in [1.82, 2.24) is 9.88 Å². The van der Waals surface area contributed by atoms with Gasteiger partial charge in [-0.25, -0.2) is 4.98 Å². The number of piperidine rings is 1. The fourth-order valence-electron chi connectivity index (χ4n) is 3.44. The number of hydrogen-bond acceptors (Lipinski definition) is 5. The highest BCUT2D eigenvalue weighted by Gasteiger charge is 2.23. The summed E-state index contributed by atoms with van der Waals surface area (Å²) in [7, 11) is 0. The molecule has 0 radical (unpaired) electrons. The van der Waals surface area contributed by atoms with Crippen LogP contribution in [-0.2, 0) is 4.74 Å². The molecule has 0 saturated carbocycles. The predicted molar refractivity (Wildman–Crippen MR) is 87.2 cm³/mol. The maximum absolute atomic E-state index is 9.06. The van der Waals surface area contributed by atoms with Crippen LogP contribution in [0.4, 0.5) is 0 Å². The molecule has 1 atom stereocenters. The Bertz CT molecular complexity index is 529. The monoisotopic (exact) mass is 315 g/mol. The van der Waals surface area contributed by atoms with Gasteiger partial charge in [0.05, 0.1) is 13.2 Å². The van der Waals surface area contributed by atoms with Crippen LogP contribution in [0.15, 0.2) is 18.3 Å². The van der Waals surface area contributed by atoms with Crippen molar-refractivity contribution in [2.24, 2.45) is 11.8 Å². The normalized spacial score (nSPS) is 23.3. The lowest BCUT2D eigenvalue weighted by Gasteiger charge is -2.35. The minimum Gasteiger partial charge on any atom is -0.476 e. The Balaban J connectivity index is 1.40. The molecule has 2 saturated heterocycles. The van der Waals surface area contributed by atoms with Crippen LogP contribution in [0, 0.1) is 23.2 Å². The average molecular weight is 315 g/mol. The highest BCUT2D eigenvalue weighted by atomic mass is 16.5.